The average molecular weight is 269 g/mol. The van der Waals surface area contributed by atoms with Gasteiger partial charge in [-0.3, -0.25) is 0 Å². The van der Waals surface area contributed by atoms with Gasteiger partial charge in [0.1, 0.15) is 0 Å². The molecular formula is C17H23N3. The fourth-order valence-corrected chi connectivity index (χ4v) is 2.57. The molecule has 106 valence electrons. The van der Waals surface area contributed by atoms with Crippen molar-refractivity contribution in [2.24, 2.45) is 0 Å². The molecule has 1 aromatic heterocycles. The third kappa shape index (κ3) is 2.93. The lowest BCUT2D eigenvalue weighted by Gasteiger charge is -2.15. The third-order valence-corrected chi connectivity index (χ3v) is 4.16. The Balaban J connectivity index is 1.60. The Kier molecular flexibility index (Phi) is 3.88. The number of hydrogen-bond acceptors (Lipinski definition) is 2. The number of benzene rings is 1. The Morgan fingerprint density at radius 3 is 2.70 bits per heavy atom. The number of hydrogen-bond donors (Lipinski definition) is 1. The number of nitrogens with one attached hydrogen (secondary N) is 1. The summed E-state index contributed by atoms with van der Waals surface area (Å²) in [5, 5.41) is 3.60. The van der Waals surface area contributed by atoms with Gasteiger partial charge in [-0.25, -0.2) is 4.98 Å². The standard InChI is InChI=1S/C17H23N3/c1-3-14-4-6-15(7-5-14)13(2)19-11-17-10-18-12-20(17)16-8-9-16/h4-7,10,12-13,16,19H,3,8-9,11H2,1-2H3. The summed E-state index contributed by atoms with van der Waals surface area (Å²) in [5.41, 5.74) is 4.04. The lowest BCUT2D eigenvalue weighted by atomic mass is 10.1. The predicted molar refractivity (Wildman–Crippen MR) is 81.6 cm³/mol. The summed E-state index contributed by atoms with van der Waals surface area (Å²) in [5.74, 6) is 0. The Morgan fingerprint density at radius 1 is 1.30 bits per heavy atom. The number of imidazole rings is 1. The van der Waals surface area contributed by atoms with Crippen LogP contribution in [0, 0.1) is 0 Å². The van der Waals surface area contributed by atoms with E-state index >= 15 is 0 Å². The SMILES string of the molecule is CCc1ccc(C(C)NCc2cncn2C2CC2)cc1. The zero-order valence-corrected chi connectivity index (χ0v) is 12.3. The van der Waals surface area contributed by atoms with Gasteiger partial charge in [-0.05, 0) is 37.3 Å². The molecule has 1 aliphatic rings. The first-order chi connectivity index (χ1) is 9.78. The van der Waals surface area contributed by atoms with Crippen molar-refractivity contribution in [1.29, 1.82) is 0 Å². The molecule has 1 N–H and O–H groups in total. The molecule has 3 heteroatoms. The minimum absolute atomic E-state index is 0.364. The van der Waals surface area contributed by atoms with Crippen LogP contribution in [0.15, 0.2) is 36.8 Å². The molecule has 3 rings (SSSR count). The van der Waals surface area contributed by atoms with Crippen LogP contribution in [-0.2, 0) is 13.0 Å². The van der Waals surface area contributed by atoms with E-state index < -0.39 is 0 Å². The van der Waals surface area contributed by atoms with Crippen molar-refractivity contribution in [3.05, 3.63) is 53.6 Å². The molecule has 1 heterocycles. The van der Waals surface area contributed by atoms with E-state index in [1.165, 1.54) is 29.7 Å². The fourth-order valence-electron chi connectivity index (χ4n) is 2.57. The molecule has 3 nitrogen and oxygen atoms in total. The Bertz CT molecular complexity index is 552. The van der Waals surface area contributed by atoms with E-state index in [2.05, 4.69) is 53.0 Å². The molecule has 0 radical (unpaired) electrons. The van der Waals surface area contributed by atoms with E-state index in [1.54, 1.807) is 0 Å². The quantitative estimate of drug-likeness (QED) is 0.868. The van der Waals surface area contributed by atoms with Gasteiger partial charge < -0.3 is 9.88 Å². The normalized spacial score (nSPS) is 16.3. The third-order valence-electron chi connectivity index (χ3n) is 4.16. The minimum Gasteiger partial charge on any atom is -0.330 e. The summed E-state index contributed by atoms with van der Waals surface area (Å²) in [6.07, 6.45) is 7.66. The smallest absolute Gasteiger partial charge is 0.0951 e. The maximum Gasteiger partial charge on any atom is 0.0951 e. The van der Waals surface area contributed by atoms with E-state index in [0.717, 1.165) is 13.0 Å². The topological polar surface area (TPSA) is 29.9 Å². The molecule has 0 bridgehead atoms. The fraction of sp³-hybridized carbons (Fsp3) is 0.471. The number of aromatic nitrogens is 2. The Hall–Kier alpha value is -1.61. The van der Waals surface area contributed by atoms with Crippen LogP contribution >= 0.6 is 0 Å². The van der Waals surface area contributed by atoms with Crippen molar-refractivity contribution in [2.75, 3.05) is 0 Å². The lowest BCUT2D eigenvalue weighted by molar-refractivity contribution is 0.547. The van der Waals surface area contributed by atoms with Gasteiger partial charge in [0.2, 0.25) is 0 Å². The molecule has 1 atom stereocenters. The second-order valence-electron chi connectivity index (χ2n) is 5.72. The van der Waals surface area contributed by atoms with Crippen molar-refractivity contribution >= 4 is 0 Å². The van der Waals surface area contributed by atoms with Gasteiger partial charge in [0.15, 0.2) is 0 Å². The summed E-state index contributed by atoms with van der Waals surface area (Å²) < 4.78 is 2.32. The highest BCUT2D eigenvalue weighted by Crippen LogP contribution is 2.35. The highest BCUT2D eigenvalue weighted by atomic mass is 15.1. The first kappa shape index (κ1) is 13.4. The molecule has 1 fully saturated rings. The molecule has 2 aromatic rings. The van der Waals surface area contributed by atoms with Gasteiger partial charge in [-0.1, -0.05) is 31.2 Å². The largest absolute Gasteiger partial charge is 0.330 e. The van der Waals surface area contributed by atoms with Gasteiger partial charge in [-0.15, -0.1) is 0 Å². The maximum absolute atomic E-state index is 4.28. The van der Waals surface area contributed by atoms with Crippen LogP contribution in [0.4, 0.5) is 0 Å². The van der Waals surface area contributed by atoms with Gasteiger partial charge in [0.05, 0.1) is 12.0 Å². The molecule has 1 unspecified atom stereocenters. The first-order valence-corrected chi connectivity index (χ1v) is 7.61. The second kappa shape index (κ2) is 5.80. The van der Waals surface area contributed by atoms with Crippen LogP contribution in [0.25, 0.3) is 0 Å². The van der Waals surface area contributed by atoms with Crippen molar-refractivity contribution in [3.63, 3.8) is 0 Å². The Labute approximate surface area is 121 Å². The second-order valence-corrected chi connectivity index (χ2v) is 5.72. The van der Waals surface area contributed by atoms with Crippen molar-refractivity contribution in [2.45, 2.75) is 51.7 Å². The molecular weight excluding hydrogens is 246 g/mol. The first-order valence-electron chi connectivity index (χ1n) is 7.61. The highest BCUT2D eigenvalue weighted by molar-refractivity contribution is 5.24. The van der Waals surface area contributed by atoms with Crippen molar-refractivity contribution < 1.29 is 0 Å². The average Bonchev–Trinajstić information content (AvgIpc) is 3.23. The van der Waals surface area contributed by atoms with E-state index in [9.17, 15) is 0 Å². The molecule has 0 amide bonds. The van der Waals surface area contributed by atoms with E-state index in [1.807, 2.05) is 12.5 Å². The number of rotatable bonds is 6. The van der Waals surface area contributed by atoms with Gasteiger partial charge >= 0.3 is 0 Å². The van der Waals surface area contributed by atoms with E-state index in [0.29, 0.717) is 12.1 Å². The van der Waals surface area contributed by atoms with Crippen LogP contribution in [0.5, 0.6) is 0 Å². The van der Waals surface area contributed by atoms with Crippen LogP contribution in [-0.4, -0.2) is 9.55 Å². The molecule has 0 saturated heterocycles. The molecule has 0 spiro atoms. The summed E-state index contributed by atoms with van der Waals surface area (Å²) in [6, 6.07) is 9.98. The van der Waals surface area contributed by atoms with Crippen molar-refractivity contribution in [3.8, 4) is 0 Å². The molecule has 20 heavy (non-hydrogen) atoms. The highest BCUT2D eigenvalue weighted by Gasteiger charge is 2.25. The van der Waals surface area contributed by atoms with Crippen LogP contribution in [0.3, 0.4) is 0 Å². The van der Waals surface area contributed by atoms with E-state index in [-0.39, 0.29) is 0 Å². The maximum atomic E-state index is 4.28. The zero-order valence-electron chi connectivity index (χ0n) is 12.3. The Morgan fingerprint density at radius 2 is 2.05 bits per heavy atom. The summed E-state index contributed by atoms with van der Waals surface area (Å²) in [4.78, 5) is 4.28. The number of nitrogens with zero attached hydrogens (tertiary/aromatic N) is 2. The molecule has 1 aliphatic carbocycles. The number of aryl methyl sites for hydroxylation is 1. The van der Waals surface area contributed by atoms with Crippen LogP contribution < -0.4 is 5.32 Å². The van der Waals surface area contributed by atoms with Gasteiger partial charge in [0.25, 0.3) is 0 Å². The van der Waals surface area contributed by atoms with E-state index in [4.69, 9.17) is 0 Å². The molecule has 1 saturated carbocycles. The van der Waals surface area contributed by atoms with Crippen LogP contribution in [0.2, 0.25) is 0 Å². The van der Waals surface area contributed by atoms with Crippen molar-refractivity contribution in [1.82, 2.24) is 14.9 Å². The molecule has 0 aliphatic heterocycles. The summed E-state index contributed by atoms with van der Waals surface area (Å²) in [7, 11) is 0. The van der Waals surface area contributed by atoms with Crippen LogP contribution in [0.1, 0.15) is 55.6 Å². The lowest BCUT2D eigenvalue weighted by Crippen LogP contribution is -2.19. The van der Waals surface area contributed by atoms with Gasteiger partial charge in [-0.2, -0.15) is 0 Å². The zero-order chi connectivity index (χ0) is 13.9. The summed E-state index contributed by atoms with van der Waals surface area (Å²) in [6.45, 7) is 5.29. The van der Waals surface area contributed by atoms with Gasteiger partial charge in [0, 0.05) is 24.8 Å². The molecule has 1 aromatic carbocycles. The minimum atomic E-state index is 0.364. The summed E-state index contributed by atoms with van der Waals surface area (Å²) >= 11 is 0. The predicted octanol–water partition coefficient (Wildman–Crippen LogP) is 3.63. The monoisotopic (exact) mass is 269 g/mol.